The van der Waals surface area contributed by atoms with Crippen LogP contribution in [-0.4, -0.2) is 0 Å². The number of hydrogen-bond donors (Lipinski definition) is 0. The quantitative estimate of drug-likeness (QED) is 0.406. The summed E-state index contributed by atoms with van der Waals surface area (Å²) >= 11 is 0. The number of hydrogen-bond acceptors (Lipinski definition) is 0. The molecule has 0 amide bonds. The van der Waals surface area contributed by atoms with Gasteiger partial charge < -0.3 is 0 Å². The molecule has 0 bridgehead atoms. The second-order valence-electron chi connectivity index (χ2n) is 4.30. The van der Waals surface area contributed by atoms with Gasteiger partial charge in [0.25, 0.3) is 0 Å². The SMILES string of the molecule is CCCCCCCCCC(C)C.[Ti+3]. The molecule has 0 unspecified atom stereocenters. The molecule has 75 valence electrons. The molecule has 0 saturated heterocycles. The van der Waals surface area contributed by atoms with Gasteiger partial charge in [0, 0.05) is 0 Å². The van der Waals surface area contributed by atoms with Crippen molar-refractivity contribution in [1.29, 1.82) is 0 Å². The summed E-state index contributed by atoms with van der Waals surface area (Å²) in [6, 6.07) is 0. The standard InChI is InChI=1S/C12H26.Ti/c1-4-5-6-7-8-9-10-11-12(2)3;/h12H,4-11H2,1-3H3;/q;+3. The molecule has 0 heterocycles. The predicted molar refractivity (Wildman–Crippen MR) is 57.4 cm³/mol. The molecule has 1 heteroatoms. The van der Waals surface area contributed by atoms with Crippen molar-refractivity contribution in [3.8, 4) is 0 Å². The van der Waals surface area contributed by atoms with Crippen LogP contribution in [0.4, 0.5) is 0 Å². The Balaban J connectivity index is 0. The Hall–Kier alpha value is 0.714. The Labute approximate surface area is 99.8 Å². The smallest absolute Gasteiger partial charge is 0.0654 e. The zero-order chi connectivity index (χ0) is 9.23. The fourth-order valence-corrected chi connectivity index (χ4v) is 1.51. The fraction of sp³-hybridized carbons (Fsp3) is 1.00. The van der Waals surface area contributed by atoms with Crippen molar-refractivity contribution in [3.05, 3.63) is 0 Å². The van der Waals surface area contributed by atoms with Crippen molar-refractivity contribution in [2.24, 2.45) is 5.92 Å². The van der Waals surface area contributed by atoms with Gasteiger partial charge in [-0.25, -0.2) is 0 Å². The Morgan fingerprint density at radius 3 is 1.69 bits per heavy atom. The van der Waals surface area contributed by atoms with Crippen molar-refractivity contribution in [3.63, 3.8) is 0 Å². The van der Waals surface area contributed by atoms with Gasteiger partial charge in [-0.3, -0.25) is 0 Å². The minimum Gasteiger partial charge on any atom is -0.0654 e. The maximum absolute atomic E-state index is 2.32. The minimum atomic E-state index is 0. The molecule has 0 aromatic rings. The van der Waals surface area contributed by atoms with Crippen LogP contribution in [0.25, 0.3) is 0 Å². The van der Waals surface area contributed by atoms with Gasteiger partial charge in [0.05, 0.1) is 0 Å². The van der Waals surface area contributed by atoms with Gasteiger partial charge in [-0.2, -0.15) is 0 Å². The van der Waals surface area contributed by atoms with Gasteiger partial charge in [-0.05, 0) is 5.92 Å². The van der Waals surface area contributed by atoms with E-state index in [1.165, 1.54) is 51.4 Å². The first-order chi connectivity index (χ1) is 5.77. The number of unbranched alkanes of at least 4 members (excludes halogenated alkanes) is 6. The van der Waals surface area contributed by atoms with E-state index in [0.29, 0.717) is 0 Å². The van der Waals surface area contributed by atoms with E-state index in [2.05, 4.69) is 20.8 Å². The van der Waals surface area contributed by atoms with Crippen LogP contribution in [0.2, 0.25) is 0 Å². The fourth-order valence-electron chi connectivity index (χ4n) is 1.51. The van der Waals surface area contributed by atoms with Gasteiger partial charge in [0.2, 0.25) is 0 Å². The zero-order valence-electron chi connectivity index (χ0n) is 9.73. The molecule has 0 saturated carbocycles. The molecule has 0 aromatic heterocycles. The molecule has 0 rings (SSSR count). The van der Waals surface area contributed by atoms with Crippen molar-refractivity contribution in [2.75, 3.05) is 0 Å². The van der Waals surface area contributed by atoms with Gasteiger partial charge in [0.15, 0.2) is 0 Å². The average molecular weight is 218 g/mol. The van der Waals surface area contributed by atoms with E-state index < -0.39 is 0 Å². The molecule has 0 nitrogen and oxygen atoms in total. The molecule has 13 heavy (non-hydrogen) atoms. The van der Waals surface area contributed by atoms with Crippen LogP contribution < -0.4 is 0 Å². The van der Waals surface area contributed by atoms with Crippen molar-refractivity contribution < 1.29 is 21.7 Å². The van der Waals surface area contributed by atoms with E-state index in [-0.39, 0.29) is 21.7 Å². The van der Waals surface area contributed by atoms with Crippen molar-refractivity contribution in [1.82, 2.24) is 0 Å². The maximum atomic E-state index is 2.32. The van der Waals surface area contributed by atoms with E-state index >= 15 is 0 Å². The first-order valence-corrected chi connectivity index (χ1v) is 5.77. The van der Waals surface area contributed by atoms with Gasteiger partial charge >= 0.3 is 21.7 Å². The topological polar surface area (TPSA) is 0 Å². The summed E-state index contributed by atoms with van der Waals surface area (Å²) in [5.41, 5.74) is 0. The summed E-state index contributed by atoms with van der Waals surface area (Å²) in [6.07, 6.45) is 11.5. The molecule has 1 radical (unpaired) electrons. The Bertz CT molecular complexity index is 79.2. The Morgan fingerprint density at radius 1 is 0.769 bits per heavy atom. The van der Waals surface area contributed by atoms with Crippen LogP contribution >= 0.6 is 0 Å². The molecule has 0 aliphatic carbocycles. The van der Waals surface area contributed by atoms with E-state index in [0.717, 1.165) is 5.92 Å². The molecular formula is C12H26Ti+3. The third-order valence-corrected chi connectivity index (χ3v) is 2.39. The van der Waals surface area contributed by atoms with E-state index in [1.807, 2.05) is 0 Å². The van der Waals surface area contributed by atoms with Gasteiger partial charge in [0.1, 0.15) is 0 Å². The van der Waals surface area contributed by atoms with Crippen molar-refractivity contribution >= 4 is 0 Å². The third-order valence-electron chi connectivity index (χ3n) is 2.39. The van der Waals surface area contributed by atoms with E-state index in [9.17, 15) is 0 Å². The average Bonchev–Trinajstić information content (AvgIpc) is 2.02. The summed E-state index contributed by atoms with van der Waals surface area (Å²) in [4.78, 5) is 0. The molecule has 0 aromatic carbocycles. The first-order valence-electron chi connectivity index (χ1n) is 5.77. The van der Waals surface area contributed by atoms with Crippen LogP contribution in [0.5, 0.6) is 0 Å². The van der Waals surface area contributed by atoms with Crippen LogP contribution in [0.1, 0.15) is 72.1 Å². The number of rotatable bonds is 8. The Kier molecular flexibility index (Phi) is 15.8. The van der Waals surface area contributed by atoms with Crippen molar-refractivity contribution in [2.45, 2.75) is 72.1 Å². The predicted octanol–water partition coefficient (Wildman–Crippen LogP) is 4.78. The minimum absolute atomic E-state index is 0. The van der Waals surface area contributed by atoms with Gasteiger partial charge in [-0.15, -0.1) is 0 Å². The van der Waals surface area contributed by atoms with Crippen LogP contribution in [-0.2, 0) is 21.7 Å². The molecule has 0 fully saturated rings. The van der Waals surface area contributed by atoms with Crippen LogP contribution in [0.3, 0.4) is 0 Å². The molecule has 0 N–H and O–H groups in total. The molecule has 0 aliphatic rings. The molecule has 0 spiro atoms. The summed E-state index contributed by atoms with van der Waals surface area (Å²) in [7, 11) is 0. The summed E-state index contributed by atoms with van der Waals surface area (Å²) in [5, 5.41) is 0. The second kappa shape index (κ2) is 12.7. The maximum Gasteiger partial charge on any atom is 3.00 e. The molecule has 0 atom stereocenters. The normalized spacial score (nSPS) is 10.2. The molecule has 0 aliphatic heterocycles. The van der Waals surface area contributed by atoms with Crippen LogP contribution in [0.15, 0.2) is 0 Å². The zero-order valence-corrected chi connectivity index (χ0v) is 11.3. The first kappa shape index (κ1) is 16.2. The van der Waals surface area contributed by atoms with E-state index in [1.54, 1.807) is 0 Å². The summed E-state index contributed by atoms with van der Waals surface area (Å²) < 4.78 is 0. The largest absolute Gasteiger partial charge is 3.00 e. The Morgan fingerprint density at radius 2 is 1.23 bits per heavy atom. The van der Waals surface area contributed by atoms with Crippen LogP contribution in [0, 0.1) is 5.92 Å². The molecular weight excluding hydrogens is 192 g/mol. The van der Waals surface area contributed by atoms with Gasteiger partial charge in [-0.1, -0.05) is 72.1 Å². The second-order valence-corrected chi connectivity index (χ2v) is 4.30. The summed E-state index contributed by atoms with van der Waals surface area (Å²) in [6.45, 7) is 6.91. The third kappa shape index (κ3) is 15.5. The summed E-state index contributed by atoms with van der Waals surface area (Å²) in [5.74, 6) is 0.903. The monoisotopic (exact) mass is 218 g/mol. The van der Waals surface area contributed by atoms with E-state index in [4.69, 9.17) is 0 Å².